The summed E-state index contributed by atoms with van der Waals surface area (Å²) in [5.41, 5.74) is 2.74. The maximum Gasteiger partial charge on any atom is 0.216 e. The Bertz CT molecular complexity index is 1110. The van der Waals surface area contributed by atoms with Crippen molar-refractivity contribution in [1.82, 2.24) is 19.6 Å². The molecule has 2 aromatic heterocycles. The molecule has 0 spiro atoms. The number of hydrogen-bond acceptors (Lipinski definition) is 6. The molecule has 2 N–H and O–H groups in total. The van der Waals surface area contributed by atoms with Crippen LogP contribution in [-0.2, 0) is 15.8 Å². The van der Waals surface area contributed by atoms with Crippen LogP contribution in [0.3, 0.4) is 0 Å². The van der Waals surface area contributed by atoms with Gasteiger partial charge in [-0.05, 0) is 56.6 Å². The van der Waals surface area contributed by atoms with E-state index >= 15 is 0 Å². The lowest BCUT2D eigenvalue weighted by atomic mass is 10.1. The molecule has 1 fully saturated rings. The van der Waals surface area contributed by atoms with Crippen molar-refractivity contribution < 1.29 is 8.42 Å². The summed E-state index contributed by atoms with van der Waals surface area (Å²) in [5, 5.41) is 4.47. The number of aromatic nitrogens is 2. The highest BCUT2D eigenvalue weighted by Gasteiger charge is 2.23. The molecule has 3 aromatic rings. The first-order valence-corrected chi connectivity index (χ1v) is 12.4. The van der Waals surface area contributed by atoms with Gasteiger partial charge in [-0.3, -0.25) is 4.98 Å². The normalized spacial score (nSPS) is 15.9. The van der Waals surface area contributed by atoms with E-state index in [9.17, 15) is 8.42 Å². The van der Waals surface area contributed by atoms with Gasteiger partial charge in [-0.2, -0.15) is 0 Å². The minimum absolute atomic E-state index is 0.0110. The molecule has 1 aliphatic heterocycles. The third-order valence-electron chi connectivity index (χ3n) is 5.68. The Kier molecular flexibility index (Phi) is 6.80. The Morgan fingerprint density at radius 1 is 1.06 bits per heavy atom. The maximum atomic E-state index is 12.4. The number of rotatable bonds is 8. The molecule has 0 saturated carbocycles. The quantitative estimate of drug-likeness (QED) is 0.561. The summed E-state index contributed by atoms with van der Waals surface area (Å²) in [5.74, 6) is 0.897. The van der Waals surface area contributed by atoms with Crippen LogP contribution in [0.25, 0.3) is 10.9 Å². The molecule has 4 rings (SSSR count). The van der Waals surface area contributed by atoms with Gasteiger partial charge in [-0.25, -0.2) is 18.1 Å². The van der Waals surface area contributed by atoms with Crippen LogP contribution in [0.4, 0.5) is 5.82 Å². The summed E-state index contributed by atoms with van der Waals surface area (Å²) >= 11 is 0. The van der Waals surface area contributed by atoms with E-state index in [2.05, 4.69) is 31.0 Å². The van der Waals surface area contributed by atoms with Crippen LogP contribution in [0.15, 0.2) is 54.7 Å². The van der Waals surface area contributed by atoms with E-state index in [1.807, 2.05) is 49.4 Å². The molecule has 0 unspecified atom stereocenters. The number of aryl methyl sites for hydroxylation is 1. The van der Waals surface area contributed by atoms with Gasteiger partial charge in [0.25, 0.3) is 0 Å². The van der Waals surface area contributed by atoms with E-state index < -0.39 is 10.0 Å². The highest BCUT2D eigenvalue weighted by molar-refractivity contribution is 7.88. The lowest BCUT2D eigenvalue weighted by molar-refractivity contribution is 0.214. The number of sulfonamides is 1. The number of fused-ring (bicyclic) bond motifs is 1. The zero-order valence-electron chi connectivity index (χ0n) is 17.8. The van der Waals surface area contributed by atoms with Gasteiger partial charge >= 0.3 is 0 Å². The first-order valence-electron chi connectivity index (χ1n) is 10.7. The molecular formula is C23H29N5O2S. The number of benzene rings is 1. The largest absolute Gasteiger partial charge is 0.369 e. The Balaban J connectivity index is 1.21. The Morgan fingerprint density at radius 2 is 1.84 bits per heavy atom. The molecule has 0 aliphatic carbocycles. The first kappa shape index (κ1) is 21.7. The van der Waals surface area contributed by atoms with Crippen LogP contribution in [-0.4, -0.2) is 55.5 Å². The monoisotopic (exact) mass is 439 g/mol. The number of nitrogens with zero attached hydrogens (tertiary/aromatic N) is 3. The van der Waals surface area contributed by atoms with E-state index in [0.29, 0.717) is 0 Å². The second-order valence-corrected chi connectivity index (χ2v) is 9.82. The van der Waals surface area contributed by atoms with Gasteiger partial charge in [0.15, 0.2) is 0 Å². The Hall–Kier alpha value is -2.55. The van der Waals surface area contributed by atoms with Gasteiger partial charge < -0.3 is 10.2 Å². The molecule has 0 bridgehead atoms. The fourth-order valence-electron chi connectivity index (χ4n) is 4.00. The molecule has 1 aliphatic rings. The van der Waals surface area contributed by atoms with Crippen molar-refractivity contribution in [3.8, 4) is 0 Å². The fraction of sp³-hybridized carbons (Fsp3) is 0.391. The van der Waals surface area contributed by atoms with Crippen LogP contribution in [0.5, 0.6) is 0 Å². The first-order chi connectivity index (χ1) is 15.0. The lowest BCUT2D eigenvalue weighted by Gasteiger charge is -2.32. The van der Waals surface area contributed by atoms with Gasteiger partial charge in [0.2, 0.25) is 10.0 Å². The van der Waals surface area contributed by atoms with Gasteiger partial charge in [0.05, 0.1) is 11.3 Å². The summed E-state index contributed by atoms with van der Waals surface area (Å²) in [7, 11) is -3.32. The van der Waals surface area contributed by atoms with Crippen molar-refractivity contribution in [2.75, 3.05) is 31.5 Å². The zero-order chi connectivity index (χ0) is 21.7. The predicted molar refractivity (Wildman–Crippen MR) is 124 cm³/mol. The molecule has 164 valence electrons. The van der Waals surface area contributed by atoms with Crippen LogP contribution < -0.4 is 10.0 Å². The molecule has 7 nitrogen and oxygen atoms in total. The maximum absolute atomic E-state index is 12.4. The molecule has 1 aromatic carbocycles. The Morgan fingerprint density at radius 3 is 2.61 bits per heavy atom. The number of nitrogens with one attached hydrogen (secondary N) is 2. The van der Waals surface area contributed by atoms with E-state index in [-0.39, 0.29) is 11.8 Å². The summed E-state index contributed by atoms with van der Waals surface area (Å²) < 4.78 is 27.8. The van der Waals surface area contributed by atoms with Gasteiger partial charge in [-0.1, -0.05) is 30.3 Å². The van der Waals surface area contributed by atoms with Crippen molar-refractivity contribution in [3.05, 3.63) is 66.0 Å². The predicted octanol–water partition coefficient (Wildman–Crippen LogP) is 2.93. The van der Waals surface area contributed by atoms with Crippen molar-refractivity contribution in [1.29, 1.82) is 0 Å². The van der Waals surface area contributed by atoms with E-state index in [1.54, 1.807) is 6.20 Å². The second kappa shape index (κ2) is 9.72. The van der Waals surface area contributed by atoms with Crippen LogP contribution in [0.2, 0.25) is 0 Å². The van der Waals surface area contributed by atoms with Crippen molar-refractivity contribution in [2.45, 2.75) is 31.6 Å². The number of piperidine rings is 1. The van der Waals surface area contributed by atoms with E-state index in [0.717, 1.165) is 67.0 Å². The molecule has 31 heavy (non-hydrogen) atoms. The standard InChI is InChI=1S/C23H29N5O2S/c1-18-21-7-8-23(26-22(21)9-12-24-18)25-13-16-28-14-10-20(11-15-28)27-31(29,30)17-19-5-3-2-4-6-19/h2-9,12,20,27H,10-11,13-17H2,1H3,(H,25,26). The van der Waals surface area contributed by atoms with Crippen molar-refractivity contribution >= 4 is 26.7 Å². The topological polar surface area (TPSA) is 87.2 Å². The summed E-state index contributed by atoms with van der Waals surface area (Å²) in [6.07, 6.45) is 3.44. The van der Waals surface area contributed by atoms with Gasteiger partial charge in [-0.15, -0.1) is 0 Å². The fourth-order valence-corrected chi connectivity index (χ4v) is 5.46. The summed E-state index contributed by atoms with van der Waals surface area (Å²) in [4.78, 5) is 11.3. The second-order valence-electron chi connectivity index (χ2n) is 8.06. The summed E-state index contributed by atoms with van der Waals surface area (Å²) in [6.45, 7) is 5.46. The zero-order valence-corrected chi connectivity index (χ0v) is 18.6. The number of likely N-dealkylation sites (tertiary alicyclic amines) is 1. The van der Waals surface area contributed by atoms with Crippen molar-refractivity contribution in [3.63, 3.8) is 0 Å². The smallest absolute Gasteiger partial charge is 0.216 e. The number of hydrogen-bond donors (Lipinski definition) is 2. The molecule has 0 radical (unpaired) electrons. The Labute approximate surface area is 184 Å². The van der Waals surface area contributed by atoms with Gasteiger partial charge in [0, 0.05) is 36.4 Å². The van der Waals surface area contributed by atoms with Crippen LogP contribution in [0.1, 0.15) is 24.1 Å². The van der Waals surface area contributed by atoms with Crippen LogP contribution >= 0.6 is 0 Å². The minimum Gasteiger partial charge on any atom is -0.369 e. The van der Waals surface area contributed by atoms with Crippen molar-refractivity contribution in [2.24, 2.45) is 0 Å². The van der Waals surface area contributed by atoms with E-state index in [1.165, 1.54) is 0 Å². The molecule has 0 atom stereocenters. The van der Waals surface area contributed by atoms with Gasteiger partial charge in [0.1, 0.15) is 5.82 Å². The highest BCUT2D eigenvalue weighted by atomic mass is 32.2. The third-order valence-corrected chi connectivity index (χ3v) is 7.09. The molecule has 0 amide bonds. The molecule has 8 heteroatoms. The summed E-state index contributed by atoms with van der Waals surface area (Å²) in [6, 6.07) is 15.3. The number of anilines is 1. The lowest BCUT2D eigenvalue weighted by Crippen LogP contribution is -2.45. The molecular weight excluding hydrogens is 410 g/mol. The third kappa shape index (κ3) is 6.00. The van der Waals surface area contributed by atoms with E-state index in [4.69, 9.17) is 0 Å². The molecule has 1 saturated heterocycles. The SMILES string of the molecule is Cc1nccc2nc(NCCN3CCC(NS(=O)(=O)Cc4ccccc4)CC3)ccc12. The average molecular weight is 440 g/mol. The number of pyridine rings is 2. The van der Waals surface area contributed by atoms with Crippen LogP contribution in [0, 0.1) is 6.92 Å². The molecule has 3 heterocycles. The average Bonchev–Trinajstić information content (AvgIpc) is 2.75. The highest BCUT2D eigenvalue weighted by Crippen LogP contribution is 2.17. The minimum atomic E-state index is -3.32.